The van der Waals surface area contributed by atoms with Crippen LogP contribution in [0.1, 0.15) is 57.9 Å². The molecule has 1 heterocycles. The van der Waals surface area contributed by atoms with Gasteiger partial charge in [0, 0.05) is 12.2 Å². The maximum absolute atomic E-state index is 12.8. The second-order valence-electron chi connectivity index (χ2n) is 7.52. The normalized spacial score (nSPS) is 12.8. The first-order valence-electron chi connectivity index (χ1n) is 10.5. The van der Waals surface area contributed by atoms with Crippen LogP contribution in [0.2, 0.25) is 0 Å². The highest BCUT2D eigenvalue weighted by atomic mass is 32.2. The van der Waals surface area contributed by atoms with Crippen molar-refractivity contribution < 1.29 is 45.4 Å². The number of nitrogens with one attached hydrogen (secondary N) is 2. The zero-order valence-electron chi connectivity index (χ0n) is 19.4. The Hall–Kier alpha value is -3.19. The lowest BCUT2D eigenvalue weighted by molar-refractivity contribution is -0.146. The summed E-state index contributed by atoms with van der Waals surface area (Å²) in [6.07, 6.45) is -6.45. The van der Waals surface area contributed by atoms with Crippen molar-refractivity contribution in [3.63, 3.8) is 0 Å². The van der Waals surface area contributed by atoms with Crippen LogP contribution >= 0.6 is 0 Å². The summed E-state index contributed by atoms with van der Waals surface area (Å²) < 4.78 is 75.0. The molecule has 0 saturated heterocycles. The van der Waals surface area contributed by atoms with Crippen molar-refractivity contribution in [2.75, 3.05) is 13.2 Å². The number of aromatic amines is 1. The number of carbonyl (C=O) groups is 3. The van der Waals surface area contributed by atoms with Crippen molar-refractivity contribution in [3.05, 3.63) is 52.3 Å². The molecule has 0 bridgehead atoms. The van der Waals surface area contributed by atoms with E-state index in [9.17, 15) is 36.0 Å². The van der Waals surface area contributed by atoms with Crippen LogP contribution in [0.3, 0.4) is 0 Å². The minimum absolute atomic E-state index is 0.0658. The molecule has 1 aromatic carbocycles. The molecule has 1 atom stereocenters. The molecule has 0 aliphatic rings. The highest BCUT2D eigenvalue weighted by Gasteiger charge is 2.32. The van der Waals surface area contributed by atoms with Crippen LogP contribution in [0.15, 0.2) is 29.2 Å². The molecule has 2 N–H and O–H groups in total. The summed E-state index contributed by atoms with van der Waals surface area (Å²) in [7, 11) is -4.32. The van der Waals surface area contributed by atoms with Gasteiger partial charge in [0.05, 0.1) is 34.7 Å². The first-order valence-corrected chi connectivity index (χ1v) is 11.9. The predicted octanol–water partition coefficient (Wildman–Crippen LogP) is 3.31. The van der Waals surface area contributed by atoms with Gasteiger partial charge in [-0.25, -0.2) is 17.9 Å². The Balaban J connectivity index is 1.98. The molecule has 1 unspecified atom stereocenters. The van der Waals surface area contributed by atoms with Crippen molar-refractivity contribution in [3.8, 4) is 0 Å². The molecule has 0 aliphatic carbocycles. The van der Waals surface area contributed by atoms with E-state index in [-0.39, 0.29) is 17.9 Å². The molecular formula is C22H25F3N2O7S. The number of aromatic nitrogens is 1. The molecule has 9 nitrogen and oxygen atoms in total. The summed E-state index contributed by atoms with van der Waals surface area (Å²) in [6.45, 7) is 5.77. The summed E-state index contributed by atoms with van der Waals surface area (Å²) in [6, 6.07) is 3.16. The summed E-state index contributed by atoms with van der Waals surface area (Å²) in [5, 5.41) is 0. The minimum Gasteiger partial charge on any atom is -0.462 e. The number of H-pyrrole nitrogens is 1. The number of Topliss-reactive ketones (excluding diaryl/α,β-unsaturated/α-hetero) is 1. The van der Waals surface area contributed by atoms with E-state index in [0.29, 0.717) is 17.3 Å². The predicted molar refractivity (Wildman–Crippen MR) is 117 cm³/mol. The SMILES string of the molecule is CCOC(=O)c1c(C)[nH]c(C(=O)C(C)OC(=O)CCNS(=O)(=O)c2cccc(C(F)(F)F)c2)c1C. The first-order chi connectivity index (χ1) is 16.2. The molecule has 0 fully saturated rings. The monoisotopic (exact) mass is 518 g/mol. The number of alkyl halides is 3. The van der Waals surface area contributed by atoms with Gasteiger partial charge < -0.3 is 14.5 Å². The van der Waals surface area contributed by atoms with Crippen molar-refractivity contribution in [2.45, 2.75) is 51.3 Å². The first kappa shape index (κ1) is 28.1. The highest BCUT2D eigenvalue weighted by Crippen LogP contribution is 2.30. The van der Waals surface area contributed by atoms with Crippen LogP contribution in [0.25, 0.3) is 0 Å². The van der Waals surface area contributed by atoms with E-state index in [1.165, 1.54) is 6.92 Å². The van der Waals surface area contributed by atoms with E-state index < -0.39 is 63.4 Å². The molecule has 35 heavy (non-hydrogen) atoms. The molecular weight excluding hydrogens is 493 g/mol. The molecule has 1 aromatic heterocycles. The third-order valence-corrected chi connectivity index (χ3v) is 6.39. The fraction of sp³-hybridized carbons (Fsp3) is 0.409. The largest absolute Gasteiger partial charge is 0.462 e. The van der Waals surface area contributed by atoms with Gasteiger partial charge in [-0.1, -0.05) is 6.07 Å². The summed E-state index contributed by atoms with van der Waals surface area (Å²) >= 11 is 0. The van der Waals surface area contributed by atoms with Gasteiger partial charge >= 0.3 is 18.1 Å². The van der Waals surface area contributed by atoms with E-state index in [0.717, 1.165) is 18.2 Å². The molecule has 0 saturated carbocycles. The molecule has 0 aliphatic heterocycles. The Labute approximate surface area is 200 Å². The molecule has 192 valence electrons. The number of sulfonamides is 1. The number of esters is 2. The quantitative estimate of drug-likeness (QED) is 0.364. The smallest absolute Gasteiger partial charge is 0.416 e. The third-order valence-electron chi connectivity index (χ3n) is 4.93. The lowest BCUT2D eigenvalue weighted by Gasteiger charge is -2.13. The molecule has 2 aromatic rings. The number of ketones is 1. The lowest BCUT2D eigenvalue weighted by atomic mass is 10.1. The van der Waals surface area contributed by atoms with Gasteiger partial charge in [0.2, 0.25) is 15.8 Å². The number of carbonyl (C=O) groups excluding carboxylic acids is 3. The van der Waals surface area contributed by atoms with Gasteiger partial charge in [0.15, 0.2) is 6.10 Å². The van der Waals surface area contributed by atoms with E-state index in [1.54, 1.807) is 20.8 Å². The molecule has 0 amide bonds. The molecule has 2 rings (SSSR count). The number of ether oxygens (including phenoxy) is 2. The number of hydrogen-bond acceptors (Lipinski definition) is 7. The Morgan fingerprint density at radius 2 is 1.83 bits per heavy atom. The van der Waals surface area contributed by atoms with Crippen LogP contribution in [0, 0.1) is 13.8 Å². The zero-order valence-corrected chi connectivity index (χ0v) is 20.2. The van der Waals surface area contributed by atoms with Gasteiger partial charge in [0.1, 0.15) is 0 Å². The maximum atomic E-state index is 12.8. The van der Waals surface area contributed by atoms with Crippen LogP contribution in [-0.2, 0) is 30.5 Å². The molecule has 0 radical (unpaired) electrons. The van der Waals surface area contributed by atoms with Gasteiger partial charge in [-0.05, 0) is 51.5 Å². The topological polar surface area (TPSA) is 132 Å². The maximum Gasteiger partial charge on any atom is 0.416 e. The summed E-state index contributed by atoms with van der Waals surface area (Å²) in [5.41, 5.74) is -0.114. The number of halogens is 3. The molecule has 13 heteroatoms. The summed E-state index contributed by atoms with van der Waals surface area (Å²) in [5.74, 6) is -2.13. The Kier molecular flexibility index (Phi) is 8.84. The van der Waals surface area contributed by atoms with E-state index in [2.05, 4.69) is 4.98 Å². The van der Waals surface area contributed by atoms with E-state index in [1.807, 2.05) is 4.72 Å². The number of rotatable bonds is 10. The average molecular weight is 519 g/mol. The van der Waals surface area contributed by atoms with Gasteiger partial charge in [-0.3, -0.25) is 9.59 Å². The van der Waals surface area contributed by atoms with Gasteiger partial charge in [-0.15, -0.1) is 0 Å². The number of hydrogen-bond donors (Lipinski definition) is 2. The highest BCUT2D eigenvalue weighted by molar-refractivity contribution is 7.89. The average Bonchev–Trinajstić information content (AvgIpc) is 3.06. The van der Waals surface area contributed by atoms with E-state index in [4.69, 9.17) is 9.47 Å². The Morgan fingerprint density at radius 1 is 1.17 bits per heavy atom. The van der Waals surface area contributed by atoms with Gasteiger partial charge in [-0.2, -0.15) is 13.2 Å². The van der Waals surface area contributed by atoms with Crippen LogP contribution in [0.5, 0.6) is 0 Å². The van der Waals surface area contributed by atoms with Crippen LogP contribution < -0.4 is 4.72 Å². The minimum atomic E-state index is -4.72. The standard InChI is InChI=1S/C22H25F3N2O7S/c1-5-33-21(30)18-12(2)19(27-13(18)3)20(29)14(4)34-17(28)9-10-26-35(31,32)16-8-6-7-15(11-16)22(23,24)25/h6-8,11,14,26-27H,5,9-10H2,1-4H3. The van der Waals surface area contributed by atoms with Gasteiger partial charge in [0.25, 0.3) is 0 Å². The van der Waals surface area contributed by atoms with Crippen LogP contribution in [0.4, 0.5) is 13.2 Å². The third kappa shape index (κ3) is 6.92. The number of aryl methyl sites for hydroxylation is 1. The van der Waals surface area contributed by atoms with Crippen molar-refractivity contribution in [1.82, 2.24) is 9.71 Å². The van der Waals surface area contributed by atoms with Crippen LogP contribution in [-0.4, -0.2) is 50.4 Å². The van der Waals surface area contributed by atoms with Crippen molar-refractivity contribution >= 4 is 27.7 Å². The van der Waals surface area contributed by atoms with Crippen molar-refractivity contribution in [1.29, 1.82) is 0 Å². The summed E-state index contributed by atoms with van der Waals surface area (Å²) in [4.78, 5) is 39.1. The second-order valence-corrected chi connectivity index (χ2v) is 9.28. The fourth-order valence-electron chi connectivity index (χ4n) is 3.23. The molecule has 0 spiro atoms. The van der Waals surface area contributed by atoms with Crippen molar-refractivity contribution in [2.24, 2.45) is 0 Å². The number of benzene rings is 1. The van der Waals surface area contributed by atoms with E-state index >= 15 is 0 Å². The fourth-order valence-corrected chi connectivity index (χ4v) is 4.31. The Morgan fingerprint density at radius 3 is 2.43 bits per heavy atom. The Bertz CT molecular complexity index is 1220. The second kappa shape index (κ2) is 11.0. The lowest BCUT2D eigenvalue weighted by Crippen LogP contribution is -2.30. The zero-order chi connectivity index (χ0) is 26.6.